The van der Waals surface area contributed by atoms with Gasteiger partial charge in [0, 0.05) is 27.8 Å². The van der Waals surface area contributed by atoms with Gasteiger partial charge in [-0.2, -0.15) is 0 Å². The molecule has 0 saturated heterocycles. The number of halogens is 2. The van der Waals surface area contributed by atoms with Crippen molar-refractivity contribution in [3.05, 3.63) is 154 Å². The van der Waals surface area contributed by atoms with E-state index in [2.05, 4.69) is 16.0 Å². The maximum absolute atomic E-state index is 13.6. The van der Waals surface area contributed by atoms with Gasteiger partial charge >= 0.3 is 0 Å². The maximum Gasteiger partial charge on any atom is 0.272 e. The van der Waals surface area contributed by atoms with Gasteiger partial charge < -0.3 is 25.4 Å². The number of amides is 3. The fraction of sp³-hybridized carbons (Fsp3) is 0.0789. The van der Waals surface area contributed by atoms with E-state index in [0.29, 0.717) is 39.0 Å². The van der Waals surface area contributed by atoms with Gasteiger partial charge in [0.25, 0.3) is 11.8 Å². The quantitative estimate of drug-likeness (QED) is 0.0882. The second kappa shape index (κ2) is 16.7. The van der Waals surface area contributed by atoms with E-state index in [1.807, 2.05) is 30.3 Å². The van der Waals surface area contributed by atoms with Crippen LogP contribution in [-0.4, -0.2) is 31.9 Å². The summed E-state index contributed by atoms with van der Waals surface area (Å²) < 4.78 is 10.8. The maximum atomic E-state index is 13.6. The first-order valence-electron chi connectivity index (χ1n) is 14.9. The zero-order valence-electron chi connectivity index (χ0n) is 26.4. The summed E-state index contributed by atoms with van der Waals surface area (Å²) in [6.45, 7) is 0. The van der Waals surface area contributed by atoms with Crippen molar-refractivity contribution in [2.75, 3.05) is 24.9 Å². The smallest absolute Gasteiger partial charge is 0.272 e. The van der Waals surface area contributed by atoms with Gasteiger partial charge in [-0.05, 0) is 72.3 Å². The lowest BCUT2D eigenvalue weighted by molar-refractivity contribution is -0.116. The van der Waals surface area contributed by atoms with Crippen molar-refractivity contribution in [1.29, 1.82) is 0 Å². The van der Waals surface area contributed by atoms with E-state index in [4.69, 9.17) is 32.7 Å². The number of methoxy groups -OCH3 is 2. The van der Waals surface area contributed by atoms with Crippen LogP contribution in [0.3, 0.4) is 0 Å². The minimum absolute atomic E-state index is 0.00346. The lowest BCUT2D eigenvalue weighted by Gasteiger charge is -2.18. The highest BCUT2D eigenvalue weighted by Crippen LogP contribution is 2.38. The van der Waals surface area contributed by atoms with Crippen molar-refractivity contribution in [3.63, 3.8) is 0 Å². The third-order valence-corrected chi connectivity index (χ3v) is 9.27. The number of benzene rings is 5. The fourth-order valence-electron chi connectivity index (χ4n) is 4.69. The molecule has 1 atom stereocenters. The predicted octanol–water partition coefficient (Wildman–Crippen LogP) is 8.89. The molecule has 0 spiro atoms. The number of thioether (sulfide) groups is 1. The van der Waals surface area contributed by atoms with Gasteiger partial charge in [0.1, 0.15) is 22.4 Å². The molecule has 1 unspecified atom stereocenters. The van der Waals surface area contributed by atoms with Crippen LogP contribution in [0.2, 0.25) is 10.0 Å². The molecule has 49 heavy (non-hydrogen) atoms. The SMILES string of the molecule is COc1ccc(/C=C(\NC(=O)c2ccccc2)C(=O)Nc2ccc(SC(C(=O)Nc3cccc(Cl)c3Cl)c3ccccc3)cc2)c(OC)c1. The summed E-state index contributed by atoms with van der Waals surface area (Å²) >= 11 is 13.8. The van der Waals surface area contributed by atoms with Crippen LogP contribution >= 0.6 is 35.0 Å². The molecule has 11 heteroatoms. The molecular weight excluding hydrogens is 681 g/mol. The van der Waals surface area contributed by atoms with Crippen LogP contribution < -0.4 is 25.4 Å². The van der Waals surface area contributed by atoms with Crippen molar-refractivity contribution in [2.24, 2.45) is 0 Å². The molecule has 0 aliphatic heterocycles. The van der Waals surface area contributed by atoms with Crippen molar-refractivity contribution >= 4 is 70.1 Å². The van der Waals surface area contributed by atoms with Gasteiger partial charge in [0.05, 0.1) is 30.0 Å². The number of carbonyl (C=O) groups is 3. The summed E-state index contributed by atoms with van der Waals surface area (Å²) in [7, 11) is 3.05. The van der Waals surface area contributed by atoms with Crippen LogP contribution in [0.15, 0.2) is 132 Å². The molecule has 0 bridgehead atoms. The Kier molecular flexibility index (Phi) is 12.0. The predicted molar refractivity (Wildman–Crippen MR) is 197 cm³/mol. The Balaban J connectivity index is 1.36. The van der Waals surface area contributed by atoms with Crippen molar-refractivity contribution in [1.82, 2.24) is 5.32 Å². The molecule has 0 fully saturated rings. The average Bonchev–Trinajstić information content (AvgIpc) is 3.13. The molecule has 0 heterocycles. The monoisotopic (exact) mass is 711 g/mol. The lowest BCUT2D eigenvalue weighted by atomic mass is 10.1. The molecule has 0 aromatic heterocycles. The third-order valence-electron chi connectivity index (χ3n) is 7.19. The number of ether oxygens (including phenoxy) is 2. The van der Waals surface area contributed by atoms with Gasteiger partial charge in [-0.3, -0.25) is 14.4 Å². The average molecular weight is 713 g/mol. The van der Waals surface area contributed by atoms with Crippen LogP contribution in [0.25, 0.3) is 6.08 Å². The topological polar surface area (TPSA) is 106 Å². The van der Waals surface area contributed by atoms with E-state index < -0.39 is 17.1 Å². The largest absolute Gasteiger partial charge is 0.497 e. The summed E-state index contributed by atoms with van der Waals surface area (Å²) in [4.78, 5) is 41.0. The summed E-state index contributed by atoms with van der Waals surface area (Å²) in [6, 6.07) is 35.2. The van der Waals surface area contributed by atoms with Crippen molar-refractivity contribution in [3.8, 4) is 11.5 Å². The standard InChI is InChI=1S/C38H31Cl2N3O5S/c1-47-28-19-16-26(33(23-28)48-2)22-32(43-36(44)25-12-7-4-8-13-25)37(45)41-27-17-20-29(21-18-27)49-35(24-10-5-3-6-11-24)38(46)42-31-15-9-14-30(39)34(31)40/h3-23,35H,1-2H3,(H,41,45)(H,42,46)(H,43,44)/b32-22-. The Morgan fingerprint density at radius 3 is 2.12 bits per heavy atom. The van der Waals surface area contributed by atoms with E-state index in [1.165, 1.54) is 24.9 Å². The first kappa shape index (κ1) is 35.1. The summed E-state index contributed by atoms with van der Waals surface area (Å²) in [5.41, 5.74) is 2.61. The molecule has 5 rings (SSSR count). The van der Waals surface area contributed by atoms with E-state index in [9.17, 15) is 14.4 Å². The Bertz CT molecular complexity index is 1970. The number of hydrogen-bond donors (Lipinski definition) is 3. The third kappa shape index (κ3) is 9.23. The molecule has 248 valence electrons. The van der Waals surface area contributed by atoms with Gasteiger partial charge in [-0.1, -0.05) is 77.8 Å². The molecule has 5 aromatic rings. The van der Waals surface area contributed by atoms with E-state index >= 15 is 0 Å². The Morgan fingerprint density at radius 1 is 0.755 bits per heavy atom. The first-order valence-corrected chi connectivity index (χ1v) is 16.6. The molecule has 3 N–H and O–H groups in total. The minimum atomic E-state index is -0.626. The highest BCUT2D eigenvalue weighted by Gasteiger charge is 2.24. The summed E-state index contributed by atoms with van der Waals surface area (Å²) in [5, 5.41) is 8.45. The van der Waals surface area contributed by atoms with Gasteiger partial charge in [0.2, 0.25) is 5.91 Å². The number of hydrogen-bond acceptors (Lipinski definition) is 6. The van der Waals surface area contributed by atoms with Gasteiger partial charge in [-0.15, -0.1) is 11.8 Å². The molecule has 8 nitrogen and oxygen atoms in total. The van der Waals surface area contributed by atoms with Crippen LogP contribution in [-0.2, 0) is 9.59 Å². The minimum Gasteiger partial charge on any atom is -0.497 e. The highest BCUT2D eigenvalue weighted by molar-refractivity contribution is 8.00. The number of nitrogens with one attached hydrogen (secondary N) is 3. The first-order chi connectivity index (χ1) is 23.7. The van der Waals surface area contributed by atoms with Crippen LogP contribution in [0, 0.1) is 0 Å². The molecule has 0 saturated carbocycles. The second-order valence-electron chi connectivity index (χ2n) is 10.5. The fourth-order valence-corrected chi connectivity index (χ4v) is 6.06. The molecule has 0 aliphatic carbocycles. The van der Waals surface area contributed by atoms with E-state index in [1.54, 1.807) is 98.1 Å². The van der Waals surface area contributed by atoms with E-state index in [0.717, 1.165) is 10.5 Å². The second-order valence-corrected chi connectivity index (χ2v) is 12.4. The molecule has 0 radical (unpaired) electrons. The Morgan fingerprint density at radius 2 is 1.45 bits per heavy atom. The Hall–Kier alpha value is -5.22. The summed E-state index contributed by atoms with van der Waals surface area (Å²) in [6.07, 6.45) is 1.54. The van der Waals surface area contributed by atoms with Gasteiger partial charge in [0.15, 0.2) is 0 Å². The van der Waals surface area contributed by atoms with E-state index in [-0.39, 0.29) is 16.6 Å². The zero-order chi connectivity index (χ0) is 34.8. The molecule has 0 aliphatic rings. The van der Waals surface area contributed by atoms with Crippen molar-refractivity contribution in [2.45, 2.75) is 10.1 Å². The highest BCUT2D eigenvalue weighted by atomic mass is 35.5. The van der Waals surface area contributed by atoms with Crippen molar-refractivity contribution < 1.29 is 23.9 Å². The summed E-state index contributed by atoms with van der Waals surface area (Å²) in [5.74, 6) is -0.259. The van der Waals surface area contributed by atoms with Crippen LogP contribution in [0.5, 0.6) is 11.5 Å². The van der Waals surface area contributed by atoms with Gasteiger partial charge in [-0.25, -0.2) is 0 Å². The zero-order valence-corrected chi connectivity index (χ0v) is 28.7. The number of rotatable bonds is 12. The number of carbonyl (C=O) groups excluding carboxylic acids is 3. The lowest BCUT2D eigenvalue weighted by Crippen LogP contribution is -2.30. The number of anilines is 2. The van der Waals surface area contributed by atoms with Crippen LogP contribution in [0.4, 0.5) is 11.4 Å². The molecule has 3 amide bonds. The Labute approximate surface area is 298 Å². The normalized spacial score (nSPS) is 11.6. The molecular formula is C38H31Cl2N3O5S. The molecule has 5 aromatic carbocycles. The van der Waals surface area contributed by atoms with Crippen LogP contribution in [0.1, 0.15) is 26.7 Å².